The van der Waals surface area contributed by atoms with Gasteiger partial charge in [0.05, 0.1) is 6.10 Å². The molecule has 3 aliphatic rings. The molecule has 2 aliphatic carbocycles. The molecule has 3 fully saturated rings. The summed E-state index contributed by atoms with van der Waals surface area (Å²) in [6, 6.07) is 17.8. The first kappa shape index (κ1) is 21.0. The van der Waals surface area contributed by atoms with E-state index in [0.29, 0.717) is 22.2 Å². The van der Waals surface area contributed by atoms with Gasteiger partial charge in [-0.25, -0.2) is 0 Å². The highest BCUT2D eigenvalue weighted by Gasteiger charge is 2.69. The van der Waals surface area contributed by atoms with Crippen molar-refractivity contribution in [3.63, 3.8) is 0 Å². The highest BCUT2D eigenvalue weighted by molar-refractivity contribution is 8.00. The smallest absolute Gasteiger partial charge is 0.130 e. The maximum Gasteiger partial charge on any atom is 0.130 e. The summed E-state index contributed by atoms with van der Waals surface area (Å²) in [4.78, 5) is 2.69. The van der Waals surface area contributed by atoms with Gasteiger partial charge in [-0.15, -0.1) is 11.8 Å². The van der Waals surface area contributed by atoms with Crippen LogP contribution in [-0.2, 0) is 10.2 Å². The van der Waals surface area contributed by atoms with Crippen molar-refractivity contribution in [3.8, 4) is 0 Å². The minimum absolute atomic E-state index is 0.132. The Morgan fingerprint density at radius 1 is 0.967 bits per heavy atom. The van der Waals surface area contributed by atoms with E-state index in [0.717, 1.165) is 5.92 Å². The fraction of sp³-hybridized carbons (Fsp3) is 0.556. The van der Waals surface area contributed by atoms with Gasteiger partial charge in [-0.2, -0.15) is 0 Å². The Morgan fingerprint density at radius 3 is 2.33 bits per heavy atom. The molecule has 0 unspecified atom stereocenters. The van der Waals surface area contributed by atoms with Crippen LogP contribution in [0.3, 0.4) is 0 Å². The molecule has 0 spiro atoms. The summed E-state index contributed by atoms with van der Waals surface area (Å²) in [6.07, 6.45) is 3.07. The molecule has 5 rings (SSSR count). The van der Waals surface area contributed by atoms with Crippen LogP contribution in [0.1, 0.15) is 70.9 Å². The SMILES string of the molecule is CC(C)(C)c1ccccc1Sc1ccccc1[C@H]1O[C@@H]2[C@H](S1)[C@H]1CC[C@]2(C)C1(C)C. The molecule has 0 radical (unpaired) electrons. The van der Waals surface area contributed by atoms with Gasteiger partial charge in [-0.3, -0.25) is 0 Å². The Hall–Kier alpha value is -0.900. The summed E-state index contributed by atoms with van der Waals surface area (Å²) < 4.78 is 6.87. The molecule has 3 heteroatoms. The number of thioether (sulfide) groups is 1. The number of benzene rings is 2. The third-order valence-corrected chi connectivity index (χ3v) is 11.0. The fourth-order valence-corrected chi connectivity index (χ4v) is 9.51. The molecule has 5 atom stereocenters. The van der Waals surface area contributed by atoms with Crippen LogP contribution >= 0.6 is 23.5 Å². The molecule has 0 N–H and O–H groups in total. The fourth-order valence-electron chi connectivity index (χ4n) is 6.13. The Labute approximate surface area is 190 Å². The van der Waals surface area contributed by atoms with E-state index in [9.17, 15) is 0 Å². The third kappa shape index (κ3) is 3.03. The lowest BCUT2D eigenvalue weighted by atomic mass is 9.70. The number of rotatable bonds is 3. The first-order chi connectivity index (χ1) is 14.1. The molecular formula is C27H34OS2. The topological polar surface area (TPSA) is 9.23 Å². The van der Waals surface area contributed by atoms with Crippen molar-refractivity contribution in [2.24, 2.45) is 16.7 Å². The van der Waals surface area contributed by atoms with Crippen LogP contribution in [0.15, 0.2) is 58.3 Å². The van der Waals surface area contributed by atoms with Gasteiger partial charge in [-0.05, 0) is 47.3 Å². The lowest BCUT2D eigenvalue weighted by Gasteiger charge is -2.38. The lowest BCUT2D eigenvalue weighted by Crippen LogP contribution is -2.38. The van der Waals surface area contributed by atoms with Gasteiger partial charge >= 0.3 is 0 Å². The summed E-state index contributed by atoms with van der Waals surface area (Å²) in [6.45, 7) is 14.3. The normalized spacial score (nSPS) is 34.3. The number of ether oxygens (including phenoxy) is 1. The zero-order chi connectivity index (χ0) is 21.3. The zero-order valence-corrected chi connectivity index (χ0v) is 20.7. The van der Waals surface area contributed by atoms with Crippen molar-refractivity contribution in [1.82, 2.24) is 0 Å². The van der Waals surface area contributed by atoms with E-state index < -0.39 is 0 Å². The third-order valence-electron chi connectivity index (χ3n) is 8.34. The second-order valence-electron chi connectivity index (χ2n) is 11.2. The molecule has 1 aliphatic heterocycles. The van der Waals surface area contributed by atoms with Crippen LogP contribution in [-0.4, -0.2) is 11.4 Å². The lowest BCUT2D eigenvalue weighted by molar-refractivity contribution is -0.0450. The summed E-state index contributed by atoms with van der Waals surface area (Å²) in [7, 11) is 0. The maximum atomic E-state index is 6.87. The molecule has 2 bridgehead atoms. The highest BCUT2D eigenvalue weighted by Crippen LogP contribution is 2.72. The average Bonchev–Trinajstić information content (AvgIpc) is 3.27. The molecule has 2 saturated carbocycles. The minimum Gasteiger partial charge on any atom is -0.358 e. The van der Waals surface area contributed by atoms with E-state index in [1.807, 2.05) is 11.8 Å². The predicted molar refractivity (Wildman–Crippen MR) is 129 cm³/mol. The van der Waals surface area contributed by atoms with Crippen LogP contribution in [0.4, 0.5) is 0 Å². The summed E-state index contributed by atoms with van der Waals surface area (Å²) in [5.74, 6) is 0.781. The molecule has 30 heavy (non-hydrogen) atoms. The van der Waals surface area contributed by atoms with E-state index in [1.54, 1.807) is 0 Å². The molecule has 0 aromatic heterocycles. The second-order valence-corrected chi connectivity index (χ2v) is 13.5. The van der Waals surface area contributed by atoms with Crippen molar-refractivity contribution in [3.05, 3.63) is 59.7 Å². The van der Waals surface area contributed by atoms with Gasteiger partial charge in [0, 0.05) is 26.0 Å². The molecule has 2 aromatic carbocycles. The molecule has 160 valence electrons. The molecule has 0 amide bonds. The monoisotopic (exact) mass is 438 g/mol. The summed E-state index contributed by atoms with van der Waals surface area (Å²) in [5.41, 5.74) is 3.75. The van der Waals surface area contributed by atoms with E-state index in [2.05, 4.69) is 102 Å². The van der Waals surface area contributed by atoms with Gasteiger partial charge in [0.15, 0.2) is 0 Å². The zero-order valence-electron chi connectivity index (χ0n) is 19.1. The van der Waals surface area contributed by atoms with Crippen molar-refractivity contribution in [2.75, 3.05) is 0 Å². The Kier molecular flexibility index (Phi) is 4.93. The molecule has 1 saturated heterocycles. The van der Waals surface area contributed by atoms with Crippen LogP contribution in [0, 0.1) is 16.7 Å². The van der Waals surface area contributed by atoms with E-state index in [4.69, 9.17) is 4.74 Å². The molecule has 1 heterocycles. The molecule has 2 aromatic rings. The predicted octanol–water partition coefficient (Wildman–Crippen LogP) is 8.09. The van der Waals surface area contributed by atoms with Crippen molar-refractivity contribution < 1.29 is 4.74 Å². The molecule has 1 nitrogen and oxygen atoms in total. The van der Waals surface area contributed by atoms with Crippen LogP contribution < -0.4 is 0 Å². The van der Waals surface area contributed by atoms with E-state index >= 15 is 0 Å². The number of fused-ring (bicyclic) bond motifs is 5. The first-order valence-corrected chi connectivity index (χ1v) is 13.1. The number of hydrogen-bond acceptors (Lipinski definition) is 3. The van der Waals surface area contributed by atoms with Gasteiger partial charge in [-0.1, -0.05) is 89.7 Å². The maximum absolute atomic E-state index is 6.87. The van der Waals surface area contributed by atoms with E-state index in [-0.39, 0.29) is 10.9 Å². The van der Waals surface area contributed by atoms with Crippen molar-refractivity contribution >= 4 is 23.5 Å². The Balaban J connectivity index is 1.45. The standard InChI is InChI=1S/C27H34OS2/c1-25(2,3)18-12-8-10-14-21(18)29-20-13-9-7-11-17(20)24-28-23-22(30-24)19-15-16-27(23,6)26(19,4)5/h7-14,19,22-24H,15-16H2,1-6H3/t19-,22-,23-,24+,27+/m1/s1. The average molecular weight is 439 g/mol. The quantitative estimate of drug-likeness (QED) is 0.479. The summed E-state index contributed by atoms with van der Waals surface area (Å²) in [5, 5.41) is 0.642. The highest BCUT2D eigenvalue weighted by atomic mass is 32.2. The number of hydrogen-bond donors (Lipinski definition) is 0. The largest absolute Gasteiger partial charge is 0.358 e. The van der Waals surface area contributed by atoms with Gasteiger partial charge in [0.25, 0.3) is 0 Å². The van der Waals surface area contributed by atoms with Crippen LogP contribution in [0.2, 0.25) is 0 Å². The van der Waals surface area contributed by atoms with Crippen molar-refractivity contribution in [2.45, 2.75) is 86.4 Å². The van der Waals surface area contributed by atoms with Crippen molar-refractivity contribution in [1.29, 1.82) is 0 Å². The Morgan fingerprint density at radius 2 is 1.63 bits per heavy atom. The summed E-state index contributed by atoms with van der Waals surface area (Å²) >= 11 is 4.00. The van der Waals surface area contributed by atoms with E-state index in [1.165, 1.54) is 33.8 Å². The Bertz CT molecular complexity index is 959. The molecular weight excluding hydrogens is 404 g/mol. The van der Waals surface area contributed by atoms with Gasteiger partial charge in [0.1, 0.15) is 5.44 Å². The van der Waals surface area contributed by atoms with Crippen LogP contribution in [0.25, 0.3) is 0 Å². The van der Waals surface area contributed by atoms with Gasteiger partial charge in [0.2, 0.25) is 0 Å². The second kappa shape index (κ2) is 7.05. The van der Waals surface area contributed by atoms with Crippen LogP contribution in [0.5, 0.6) is 0 Å². The minimum atomic E-state index is 0.132. The van der Waals surface area contributed by atoms with Gasteiger partial charge < -0.3 is 4.74 Å². The first-order valence-electron chi connectivity index (χ1n) is 11.3.